The summed E-state index contributed by atoms with van der Waals surface area (Å²) in [7, 11) is 0. The lowest BCUT2D eigenvalue weighted by Gasteiger charge is -2.39. The monoisotopic (exact) mass is 560 g/mol. The Morgan fingerprint density at radius 1 is 0.975 bits per heavy atom. The molecular weight excluding hydrogens is 524 g/mol. The minimum atomic E-state index is -0.799. The van der Waals surface area contributed by atoms with E-state index < -0.39 is 23.2 Å². The molecule has 3 aromatic carbocycles. The van der Waals surface area contributed by atoms with Crippen LogP contribution in [0.15, 0.2) is 72.8 Å². The zero-order chi connectivity index (χ0) is 29.0. The van der Waals surface area contributed by atoms with E-state index in [4.69, 9.17) is 11.6 Å². The Bertz CT molecular complexity index is 1370. The molecule has 0 aromatic heterocycles. The van der Waals surface area contributed by atoms with Crippen molar-refractivity contribution in [2.75, 3.05) is 16.8 Å². The number of likely N-dealkylation sites (N-methyl/N-ethyl adjacent to an activating group) is 1. The number of para-hydroxylation sites is 1. The first kappa shape index (κ1) is 29.3. The number of amides is 1. The lowest BCUT2D eigenvalue weighted by Crippen LogP contribution is -2.48. The van der Waals surface area contributed by atoms with Gasteiger partial charge in [-0.15, -0.1) is 0 Å². The highest BCUT2D eigenvalue weighted by atomic mass is 35.5. The standard InChI is InChI=1S/C33H37ClN2O4/c1-5-36(25-18-16-24(34)17-19-25)31(38)29-26-10-6-7-11-27(26)35-21(2)28(29)30(37)23-14-12-22(13-15-23)9-8-20-33(3,4)32(39)40/h6-7,10-19,21,28-29,35H,5,8-9,20H2,1-4H3,(H,39,40). The molecule has 2 N–H and O–H groups in total. The number of halogens is 1. The number of carbonyl (C=O) groups is 3. The summed E-state index contributed by atoms with van der Waals surface area (Å²) in [5.41, 5.74) is 3.25. The highest BCUT2D eigenvalue weighted by Crippen LogP contribution is 2.42. The average Bonchev–Trinajstić information content (AvgIpc) is 2.93. The predicted octanol–water partition coefficient (Wildman–Crippen LogP) is 7.22. The Balaban J connectivity index is 1.61. The Hall–Kier alpha value is -3.64. The molecule has 3 unspecified atom stereocenters. The summed E-state index contributed by atoms with van der Waals surface area (Å²) in [4.78, 5) is 41.4. The number of benzene rings is 3. The molecule has 4 rings (SSSR count). The Morgan fingerprint density at radius 3 is 2.25 bits per heavy atom. The number of carboxylic acids is 1. The SMILES string of the molecule is CCN(C(=O)C1c2ccccc2NC(C)C1C(=O)c1ccc(CCCC(C)(C)C(=O)O)cc1)c1ccc(Cl)cc1. The second kappa shape index (κ2) is 12.3. The third-order valence-corrected chi connectivity index (χ3v) is 8.20. The number of hydrogen-bond acceptors (Lipinski definition) is 4. The first-order valence-corrected chi connectivity index (χ1v) is 14.2. The van der Waals surface area contributed by atoms with Crippen molar-refractivity contribution in [3.8, 4) is 0 Å². The first-order chi connectivity index (χ1) is 19.0. The van der Waals surface area contributed by atoms with E-state index in [0.717, 1.165) is 35.3 Å². The number of nitrogens with one attached hydrogen (secondary N) is 1. The Kier molecular flexibility index (Phi) is 8.99. The molecule has 0 radical (unpaired) electrons. The van der Waals surface area contributed by atoms with Crippen molar-refractivity contribution in [2.45, 2.75) is 58.9 Å². The largest absolute Gasteiger partial charge is 0.481 e. The number of carboxylic acid groups (broad SMARTS) is 1. The molecule has 0 aliphatic carbocycles. The summed E-state index contributed by atoms with van der Waals surface area (Å²) in [6, 6.07) is 22.1. The molecule has 7 heteroatoms. The quantitative estimate of drug-likeness (QED) is 0.256. The third kappa shape index (κ3) is 6.23. The van der Waals surface area contributed by atoms with E-state index in [9.17, 15) is 19.5 Å². The topological polar surface area (TPSA) is 86.7 Å². The molecule has 3 atom stereocenters. The van der Waals surface area contributed by atoms with Crippen LogP contribution < -0.4 is 10.2 Å². The van der Waals surface area contributed by atoms with Crippen LogP contribution in [0.2, 0.25) is 5.02 Å². The molecule has 210 valence electrons. The molecule has 1 amide bonds. The lowest BCUT2D eigenvalue weighted by atomic mass is 9.73. The molecule has 40 heavy (non-hydrogen) atoms. The van der Waals surface area contributed by atoms with Crippen LogP contribution in [-0.2, 0) is 16.0 Å². The normalized spacial score (nSPS) is 18.4. The van der Waals surface area contributed by atoms with Gasteiger partial charge in [0.2, 0.25) is 5.91 Å². The summed E-state index contributed by atoms with van der Waals surface area (Å²) in [6.45, 7) is 7.80. The molecule has 0 spiro atoms. The van der Waals surface area contributed by atoms with Gasteiger partial charge in [-0.1, -0.05) is 54.1 Å². The number of aryl methyl sites for hydroxylation is 1. The van der Waals surface area contributed by atoms with Gasteiger partial charge in [-0.25, -0.2) is 0 Å². The molecule has 6 nitrogen and oxygen atoms in total. The summed E-state index contributed by atoms with van der Waals surface area (Å²) in [5, 5.41) is 13.4. The maximum absolute atomic E-state index is 14.2. The number of ketones is 1. The summed E-state index contributed by atoms with van der Waals surface area (Å²) < 4.78 is 0. The van der Waals surface area contributed by atoms with Crippen molar-refractivity contribution >= 4 is 40.6 Å². The molecule has 1 heterocycles. The van der Waals surface area contributed by atoms with Crippen LogP contribution in [-0.4, -0.2) is 35.4 Å². The van der Waals surface area contributed by atoms with Gasteiger partial charge in [0.05, 0.1) is 17.3 Å². The van der Waals surface area contributed by atoms with Gasteiger partial charge in [0.15, 0.2) is 5.78 Å². The zero-order valence-corrected chi connectivity index (χ0v) is 24.2. The number of rotatable bonds is 10. The van der Waals surface area contributed by atoms with Gasteiger partial charge < -0.3 is 15.3 Å². The van der Waals surface area contributed by atoms with Crippen LogP contribution >= 0.6 is 11.6 Å². The highest BCUT2D eigenvalue weighted by molar-refractivity contribution is 6.30. The maximum atomic E-state index is 14.2. The second-order valence-electron chi connectivity index (χ2n) is 11.2. The van der Waals surface area contributed by atoms with Crippen LogP contribution in [0, 0.1) is 11.3 Å². The minimum Gasteiger partial charge on any atom is -0.481 e. The number of Topliss-reactive ketones (excluding diaryl/α,β-unsaturated/α-hetero) is 1. The molecule has 0 fully saturated rings. The van der Waals surface area contributed by atoms with Gasteiger partial charge in [0, 0.05) is 34.5 Å². The van der Waals surface area contributed by atoms with E-state index in [1.54, 1.807) is 30.9 Å². The van der Waals surface area contributed by atoms with Crippen molar-refractivity contribution in [1.82, 2.24) is 0 Å². The number of aliphatic carboxylic acids is 1. The van der Waals surface area contributed by atoms with E-state index in [1.807, 2.05) is 74.5 Å². The zero-order valence-electron chi connectivity index (χ0n) is 23.5. The fraction of sp³-hybridized carbons (Fsp3) is 0.364. The number of hydrogen-bond donors (Lipinski definition) is 2. The Labute approximate surface area is 241 Å². The fourth-order valence-corrected chi connectivity index (χ4v) is 5.63. The van der Waals surface area contributed by atoms with Crippen molar-refractivity contribution < 1.29 is 19.5 Å². The molecule has 0 saturated heterocycles. The number of nitrogens with zero attached hydrogens (tertiary/aromatic N) is 1. The number of anilines is 2. The van der Waals surface area contributed by atoms with Crippen molar-refractivity contribution in [2.24, 2.45) is 11.3 Å². The lowest BCUT2D eigenvalue weighted by molar-refractivity contribution is -0.147. The van der Waals surface area contributed by atoms with E-state index in [2.05, 4.69) is 5.32 Å². The van der Waals surface area contributed by atoms with Gasteiger partial charge in [0.25, 0.3) is 0 Å². The van der Waals surface area contributed by atoms with Crippen molar-refractivity contribution in [1.29, 1.82) is 0 Å². The minimum absolute atomic E-state index is 0.0847. The first-order valence-electron chi connectivity index (χ1n) is 13.8. The summed E-state index contributed by atoms with van der Waals surface area (Å²) in [6.07, 6.45) is 2.04. The molecule has 1 aliphatic heterocycles. The average molecular weight is 561 g/mol. The summed E-state index contributed by atoms with van der Waals surface area (Å²) in [5.74, 6) is -2.27. The second-order valence-corrected chi connectivity index (χ2v) is 11.6. The van der Waals surface area contributed by atoms with Gasteiger partial charge in [-0.05, 0) is 88.4 Å². The van der Waals surface area contributed by atoms with E-state index in [-0.39, 0.29) is 17.7 Å². The fourth-order valence-electron chi connectivity index (χ4n) is 5.51. The van der Waals surface area contributed by atoms with Crippen molar-refractivity contribution in [3.63, 3.8) is 0 Å². The highest BCUT2D eigenvalue weighted by Gasteiger charge is 2.44. The van der Waals surface area contributed by atoms with E-state index >= 15 is 0 Å². The predicted molar refractivity (Wildman–Crippen MR) is 160 cm³/mol. The molecular formula is C33H37ClN2O4. The smallest absolute Gasteiger partial charge is 0.309 e. The van der Waals surface area contributed by atoms with Crippen LogP contribution in [0.5, 0.6) is 0 Å². The molecule has 0 bridgehead atoms. The van der Waals surface area contributed by atoms with Gasteiger partial charge in [-0.3, -0.25) is 14.4 Å². The van der Waals surface area contributed by atoms with Gasteiger partial charge in [-0.2, -0.15) is 0 Å². The number of fused-ring (bicyclic) bond motifs is 1. The van der Waals surface area contributed by atoms with Crippen LogP contribution in [0.25, 0.3) is 0 Å². The molecule has 3 aromatic rings. The van der Waals surface area contributed by atoms with Crippen LogP contribution in [0.4, 0.5) is 11.4 Å². The summed E-state index contributed by atoms with van der Waals surface area (Å²) >= 11 is 6.10. The third-order valence-electron chi connectivity index (χ3n) is 7.95. The van der Waals surface area contributed by atoms with Crippen LogP contribution in [0.1, 0.15) is 67.9 Å². The van der Waals surface area contributed by atoms with Gasteiger partial charge >= 0.3 is 5.97 Å². The van der Waals surface area contributed by atoms with Crippen molar-refractivity contribution in [3.05, 3.63) is 94.5 Å². The molecule has 1 aliphatic rings. The van der Waals surface area contributed by atoms with Gasteiger partial charge in [0.1, 0.15) is 0 Å². The number of carbonyl (C=O) groups excluding carboxylic acids is 2. The van der Waals surface area contributed by atoms with E-state index in [1.165, 1.54) is 0 Å². The maximum Gasteiger partial charge on any atom is 0.309 e. The Morgan fingerprint density at radius 2 is 1.62 bits per heavy atom. The molecule has 0 saturated carbocycles. The van der Waals surface area contributed by atoms with E-state index in [0.29, 0.717) is 23.6 Å². The van der Waals surface area contributed by atoms with Crippen LogP contribution in [0.3, 0.4) is 0 Å².